The number of hydrogen-bond acceptors (Lipinski definition) is 2. The van der Waals surface area contributed by atoms with Crippen molar-refractivity contribution in [2.24, 2.45) is 0 Å². The summed E-state index contributed by atoms with van der Waals surface area (Å²) in [7, 11) is 0. The summed E-state index contributed by atoms with van der Waals surface area (Å²) >= 11 is 12.2. The lowest BCUT2D eigenvalue weighted by Gasteiger charge is -2.27. The van der Waals surface area contributed by atoms with E-state index < -0.39 is 0 Å². The van der Waals surface area contributed by atoms with Crippen LogP contribution in [-0.4, -0.2) is 22.5 Å². The monoisotopic (exact) mass is 374 g/mol. The van der Waals surface area contributed by atoms with E-state index in [9.17, 15) is 4.79 Å². The molecule has 1 aliphatic heterocycles. The van der Waals surface area contributed by atoms with Gasteiger partial charge in [-0.25, -0.2) is 4.79 Å². The Morgan fingerprint density at radius 1 is 1.20 bits per heavy atom. The fourth-order valence-corrected chi connectivity index (χ4v) is 3.62. The molecule has 25 heavy (non-hydrogen) atoms. The largest absolute Gasteiger partial charge is 0.399 e. The normalized spacial score (nSPS) is 13.8. The minimum atomic E-state index is -0.186. The van der Waals surface area contributed by atoms with Gasteiger partial charge < -0.3 is 20.9 Å². The molecular weight excluding hydrogens is 359 g/mol. The SMILES string of the molecule is Nc1ccc(NC(=O)N2CCc3c([nH]c4ccc(Cl)cc34)C2)c(Cl)c1. The van der Waals surface area contributed by atoms with Crippen LogP contribution in [0.25, 0.3) is 10.9 Å². The molecule has 0 saturated heterocycles. The van der Waals surface area contributed by atoms with Crippen LogP contribution in [0.15, 0.2) is 36.4 Å². The Labute approximate surface area is 154 Å². The molecule has 0 atom stereocenters. The molecule has 1 aromatic heterocycles. The maximum atomic E-state index is 12.6. The molecule has 7 heteroatoms. The summed E-state index contributed by atoms with van der Waals surface area (Å²) in [6.45, 7) is 1.14. The smallest absolute Gasteiger partial charge is 0.322 e. The summed E-state index contributed by atoms with van der Waals surface area (Å²) in [6.07, 6.45) is 0.776. The van der Waals surface area contributed by atoms with Gasteiger partial charge in [-0.15, -0.1) is 0 Å². The number of anilines is 2. The van der Waals surface area contributed by atoms with Crippen LogP contribution in [0, 0.1) is 0 Å². The van der Waals surface area contributed by atoms with Gasteiger partial charge in [0.25, 0.3) is 0 Å². The number of amides is 2. The summed E-state index contributed by atoms with van der Waals surface area (Å²) in [5, 5.41) is 5.11. The van der Waals surface area contributed by atoms with Crippen molar-refractivity contribution in [3.05, 3.63) is 57.7 Å². The van der Waals surface area contributed by atoms with Crippen molar-refractivity contribution < 1.29 is 4.79 Å². The standard InChI is InChI=1S/C18H16Cl2N4O/c19-10-1-3-15-13(7-10)12-5-6-24(9-17(12)22-15)18(25)23-16-4-2-11(21)8-14(16)20/h1-4,7-8,22H,5-6,9,21H2,(H,23,25). The van der Waals surface area contributed by atoms with E-state index in [2.05, 4.69) is 10.3 Å². The maximum Gasteiger partial charge on any atom is 0.322 e. The minimum Gasteiger partial charge on any atom is -0.399 e. The van der Waals surface area contributed by atoms with E-state index in [4.69, 9.17) is 28.9 Å². The molecule has 0 fully saturated rings. The third-order valence-electron chi connectivity index (χ3n) is 4.46. The lowest BCUT2D eigenvalue weighted by atomic mass is 10.0. The number of carbonyl (C=O) groups excluding carboxylic acids is 1. The van der Waals surface area contributed by atoms with Crippen LogP contribution >= 0.6 is 23.2 Å². The van der Waals surface area contributed by atoms with Gasteiger partial charge in [-0.05, 0) is 48.4 Å². The second-order valence-corrected chi connectivity index (χ2v) is 6.96. The molecule has 3 aromatic rings. The van der Waals surface area contributed by atoms with Crippen molar-refractivity contribution in [2.45, 2.75) is 13.0 Å². The number of rotatable bonds is 1. The number of hydrogen-bond donors (Lipinski definition) is 3. The van der Waals surface area contributed by atoms with Crippen LogP contribution in [0.4, 0.5) is 16.2 Å². The third-order valence-corrected chi connectivity index (χ3v) is 5.01. The molecule has 2 aromatic carbocycles. The van der Waals surface area contributed by atoms with E-state index >= 15 is 0 Å². The Kier molecular flexibility index (Phi) is 3.98. The molecule has 0 unspecified atom stereocenters. The molecule has 128 valence electrons. The molecular formula is C18H16Cl2N4O. The van der Waals surface area contributed by atoms with Crippen molar-refractivity contribution in [3.63, 3.8) is 0 Å². The number of carbonyl (C=O) groups is 1. The molecule has 1 aliphatic rings. The second-order valence-electron chi connectivity index (χ2n) is 6.11. The Balaban J connectivity index is 1.55. The fourth-order valence-electron chi connectivity index (χ4n) is 3.21. The number of nitrogens with one attached hydrogen (secondary N) is 2. The van der Waals surface area contributed by atoms with Gasteiger partial charge in [-0.1, -0.05) is 23.2 Å². The molecule has 0 spiro atoms. The van der Waals surface area contributed by atoms with E-state index in [1.807, 2.05) is 18.2 Å². The van der Waals surface area contributed by atoms with Crippen molar-refractivity contribution in [1.82, 2.24) is 9.88 Å². The fraction of sp³-hybridized carbons (Fsp3) is 0.167. The molecule has 5 nitrogen and oxygen atoms in total. The van der Waals surface area contributed by atoms with Crippen molar-refractivity contribution in [1.29, 1.82) is 0 Å². The van der Waals surface area contributed by atoms with Gasteiger partial charge in [0.05, 0.1) is 17.3 Å². The third kappa shape index (κ3) is 3.01. The Morgan fingerprint density at radius 3 is 2.84 bits per heavy atom. The zero-order chi connectivity index (χ0) is 17.6. The first-order valence-electron chi connectivity index (χ1n) is 7.91. The van der Waals surface area contributed by atoms with Gasteiger partial charge in [0, 0.05) is 33.9 Å². The lowest BCUT2D eigenvalue weighted by Crippen LogP contribution is -2.38. The number of halogens is 2. The van der Waals surface area contributed by atoms with Gasteiger partial charge in [-0.3, -0.25) is 0 Å². The number of H-pyrrole nitrogens is 1. The Morgan fingerprint density at radius 2 is 2.04 bits per heavy atom. The van der Waals surface area contributed by atoms with E-state index in [-0.39, 0.29) is 6.03 Å². The Hall–Kier alpha value is -2.37. The lowest BCUT2D eigenvalue weighted by molar-refractivity contribution is 0.206. The summed E-state index contributed by atoms with van der Waals surface area (Å²) in [6, 6.07) is 10.6. The first kappa shape index (κ1) is 16.1. The molecule has 4 N–H and O–H groups in total. The zero-order valence-electron chi connectivity index (χ0n) is 13.3. The average Bonchev–Trinajstić information content (AvgIpc) is 2.94. The van der Waals surface area contributed by atoms with Crippen molar-refractivity contribution in [2.75, 3.05) is 17.6 Å². The van der Waals surface area contributed by atoms with E-state index in [0.29, 0.717) is 34.5 Å². The number of fused-ring (bicyclic) bond motifs is 3. The van der Waals surface area contributed by atoms with E-state index in [1.165, 1.54) is 5.56 Å². The van der Waals surface area contributed by atoms with Crippen LogP contribution in [-0.2, 0) is 13.0 Å². The van der Waals surface area contributed by atoms with Gasteiger partial charge in [0.2, 0.25) is 0 Å². The predicted octanol–water partition coefficient (Wildman–Crippen LogP) is 4.65. The number of nitrogens with two attached hydrogens (primary N) is 1. The summed E-state index contributed by atoms with van der Waals surface area (Å²) in [4.78, 5) is 17.7. The number of aromatic amines is 1. The molecule has 2 amide bonds. The van der Waals surface area contributed by atoms with Gasteiger partial charge in [0.1, 0.15) is 0 Å². The van der Waals surface area contributed by atoms with Crippen molar-refractivity contribution >= 4 is 51.5 Å². The van der Waals surface area contributed by atoms with Crippen LogP contribution in [0.2, 0.25) is 10.0 Å². The zero-order valence-corrected chi connectivity index (χ0v) is 14.8. The Bertz CT molecular complexity index is 983. The number of urea groups is 1. The summed E-state index contributed by atoms with van der Waals surface area (Å²) in [5.41, 5.74) is 10.1. The predicted molar refractivity (Wildman–Crippen MR) is 102 cm³/mol. The van der Waals surface area contributed by atoms with Crippen molar-refractivity contribution in [3.8, 4) is 0 Å². The molecule has 4 rings (SSSR count). The number of nitrogens with zero attached hydrogens (tertiary/aromatic N) is 1. The molecule has 0 aliphatic carbocycles. The number of nitrogen functional groups attached to an aromatic ring is 1. The highest BCUT2D eigenvalue weighted by atomic mass is 35.5. The van der Waals surface area contributed by atoms with Crippen LogP contribution < -0.4 is 11.1 Å². The highest BCUT2D eigenvalue weighted by Crippen LogP contribution is 2.30. The van der Waals surface area contributed by atoms with Crippen LogP contribution in [0.5, 0.6) is 0 Å². The van der Waals surface area contributed by atoms with Gasteiger partial charge in [-0.2, -0.15) is 0 Å². The van der Waals surface area contributed by atoms with Gasteiger partial charge in [0.15, 0.2) is 0 Å². The molecule has 2 heterocycles. The van der Waals surface area contributed by atoms with Gasteiger partial charge >= 0.3 is 6.03 Å². The summed E-state index contributed by atoms with van der Waals surface area (Å²) in [5.74, 6) is 0. The van der Waals surface area contributed by atoms with E-state index in [0.717, 1.165) is 23.0 Å². The first-order valence-corrected chi connectivity index (χ1v) is 8.67. The quantitative estimate of drug-likeness (QED) is 0.542. The minimum absolute atomic E-state index is 0.186. The van der Waals surface area contributed by atoms with E-state index in [1.54, 1.807) is 23.1 Å². The highest BCUT2D eigenvalue weighted by molar-refractivity contribution is 6.34. The number of benzene rings is 2. The topological polar surface area (TPSA) is 74.2 Å². The highest BCUT2D eigenvalue weighted by Gasteiger charge is 2.24. The second kappa shape index (κ2) is 6.17. The average molecular weight is 375 g/mol. The summed E-state index contributed by atoms with van der Waals surface area (Å²) < 4.78 is 0. The first-order chi connectivity index (χ1) is 12.0. The van der Waals surface area contributed by atoms with Crippen LogP contribution in [0.1, 0.15) is 11.3 Å². The molecule has 0 saturated carbocycles. The maximum absolute atomic E-state index is 12.6. The number of aromatic nitrogens is 1. The molecule has 0 bridgehead atoms. The molecule has 0 radical (unpaired) electrons. The van der Waals surface area contributed by atoms with Crippen LogP contribution in [0.3, 0.4) is 0 Å².